The first-order valence-corrected chi connectivity index (χ1v) is 9.89. The quantitative estimate of drug-likeness (QED) is 0.495. The number of hydrogen-bond donors (Lipinski definition) is 2. The van der Waals surface area contributed by atoms with Gasteiger partial charge in [-0.1, -0.05) is 72.8 Å². The van der Waals surface area contributed by atoms with Gasteiger partial charge in [0.15, 0.2) is 0 Å². The van der Waals surface area contributed by atoms with Crippen molar-refractivity contribution in [3.05, 3.63) is 102 Å². The van der Waals surface area contributed by atoms with Gasteiger partial charge in [-0.25, -0.2) is 4.98 Å². The first-order valence-electron chi connectivity index (χ1n) is 9.89. The number of para-hydroxylation sites is 2. The van der Waals surface area contributed by atoms with E-state index in [9.17, 15) is 4.79 Å². The Hall–Kier alpha value is -3.40. The second-order valence-electron chi connectivity index (χ2n) is 7.85. The number of hydrogen-bond acceptors (Lipinski definition) is 2. The van der Waals surface area contributed by atoms with Crippen molar-refractivity contribution in [2.24, 2.45) is 0 Å². The highest BCUT2D eigenvalue weighted by atomic mass is 16.2. The van der Waals surface area contributed by atoms with Gasteiger partial charge in [-0.15, -0.1) is 0 Å². The second-order valence-corrected chi connectivity index (χ2v) is 7.85. The third kappa shape index (κ3) is 4.06. The molecule has 4 nitrogen and oxygen atoms in total. The van der Waals surface area contributed by atoms with Crippen molar-refractivity contribution in [2.45, 2.75) is 31.7 Å². The minimum Gasteiger partial charge on any atom is -0.345 e. The zero-order valence-electron chi connectivity index (χ0n) is 16.7. The molecule has 1 aromatic heterocycles. The van der Waals surface area contributed by atoms with Crippen LogP contribution in [0.5, 0.6) is 0 Å². The molecular formula is C25H25N3O. The van der Waals surface area contributed by atoms with Crippen molar-refractivity contribution < 1.29 is 4.79 Å². The predicted molar refractivity (Wildman–Crippen MR) is 117 cm³/mol. The number of aromatic amines is 1. The topological polar surface area (TPSA) is 57.8 Å². The summed E-state index contributed by atoms with van der Waals surface area (Å²) in [7, 11) is 0. The number of carbonyl (C=O) groups excluding carboxylic acids is 1. The maximum atomic E-state index is 13.3. The Morgan fingerprint density at radius 1 is 0.931 bits per heavy atom. The SMILES string of the molecule is CC(C)(C(=O)N[C@@H](Cc1ccccc1)c1nc2ccccc2[nH]1)c1ccccc1. The van der Waals surface area contributed by atoms with Crippen molar-refractivity contribution in [1.82, 2.24) is 15.3 Å². The number of carbonyl (C=O) groups is 1. The number of nitrogens with zero attached hydrogens (tertiary/aromatic N) is 1. The van der Waals surface area contributed by atoms with Crippen molar-refractivity contribution in [3.63, 3.8) is 0 Å². The Morgan fingerprint density at radius 3 is 2.24 bits per heavy atom. The fourth-order valence-electron chi connectivity index (χ4n) is 3.53. The van der Waals surface area contributed by atoms with E-state index in [1.54, 1.807) is 0 Å². The summed E-state index contributed by atoms with van der Waals surface area (Å²) in [6.07, 6.45) is 0.664. The molecule has 146 valence electrons. The van der Waals surface area contributed by atoms with E-state index < -0.39 is 5.41 Å². The average Bonchev–Trinajstić information content (AvgIpc) is 3.19. The summed E-state index contributed by atoms with van der Waals surface area (Å²) in [5.74, 6) is 0.748. The summed E-state index contributed by atoms with van der Waals surface area (Å²) in [5.41, 5.74) is 3.35. The molecule has 0 saturated carbocycles. The number of rotatable bonds is 6. The third-order valence-electron chi connectivity index (χ3n) is 5.39. The highest BCUT2D eigenvalue weighted by Gasteiger charge is 2.32. The normalized spacial score (nSPS) is 12.6. The van der Waals surface area contributed by atoms with Gasteiger partial charge in [0.2, 0.25) is 5.91 Å². The van der Waals surface area contributed by atoms with Crippen LogP contribution in [0.2, 0.25) is 0 Å². The number of aromatic nitrogens is 2. The van der Waals surface area contributed by atoms with Crippen molar-refractivity contribution in [3.8, 4) is 0 Å². The summed E-state index contributed by atoms with van der Waals surface area (Å²) < 4.78 is 0. The Kier molecular flexibility index (Phi) is 5.17. The molecule has 29 heavy (non-hydrogen) atoms. The van der Waals surface area contributed by atoms with Crippen LogP contribution in [0.3, 0.4) is 0 Å². The van der Waals surface area contributed by atoms with E-state index in [0.29, 0.717) is 6.42 Å². The largest absolute Gasteiger partial charge is 0.345 e. The van der Waals surface area contributed by atoms with E-state index in [2.05, 4.69) is 22.4 Å². The molecule has 0 aliphatic carbocycles. The molecule has 0 bridgehead atoms. The third-order valence-corrected chi connectivity index (χ3v) is 5.39. The predicted octanol–water partition coefficient (Wildman–Crippen LogP) is 4.94. The second kappa shape index (κ2) is 7.92. The van der Waals surface area contributed by atoms with Crippen LogP contribution >= 0.6 is 0 Å². The average molecular weight is 383 g/mol. The van der Waals surface area contributed by atoms with E-state index >= 15 is 0 Å². The van der Waals surface area contributed by atoms with Gasteiger partial charge in [-0.05, 0) is 43.5 Å². The molecule has 0 spiro atoms. The van der Waals surface area contributed by atoms with E-state index in [4.69, 9.17) is 4.98 Å². The maximum Gasteiger partial charge on any atom is 0.230 e. The summed E-state index contributed by atoms with van der Waals surface area (Å²) >= 11 is 0. The van der Waals surface area contributed by atoms with Crippen LogP contribution in [0, 0.1) is 0 Å². The van der Waals surface area contributed by atoms with E-state index in [1.807, 2.05) is 86.6 Å². The molecule has 0 saturated heterocycles. The van der Waals surface area contributed by atoms with Gasteiger partial charge in [-0.3, -0.25) is 4.79 Å². The van der Waals surface area contributed by atoms with Gasteiger partial charge in [0.1, 0.15) is 5.82 Å². The first kappa shape index (κ1) is 18.9. The van der Waals surface area contributed by atoms with Crippen LogP contribution < -0.4 is 5.32 Å². The molecule has 0 radical (unpaired) electrons. The molecule has 0 unspecified atom stereocenters. The number of H-pyrrole nitrogens is 1. The van der Waals surface area contributed by atoms with E-state index in [1.165, 1.54) is 0 Å². The van der Waals surface area contributed by atoms with Crippen LogP contribution in [0.1, 0.15) is 36.8 Å². The monoisotopic (exact) mass is 383 g/mol. The first-order chi connectivity index (χ1) is 14.0. The Labute approximate surface area is 171 Å². The minimum atomic E-state index is -0.651. The van der Waals surface area contributed by atoms with E-state index in [-0.39, 0.29) is 11.9 Å². The standard InChI is InChI=1S/C25H25N3O/c1-25(2,19-13-7-4-8-14-19)24(29)28-22(17-18-11-5-3-6-12-18)23-26-20-15-9-10-16-21(20)27-23/h3-16,22H,17H2,1-2H3,(H,26,27)(H,28,29)/t22-/m0/s1. The molecule has 3 aromatic carbocycles. The Morgan fingerprint density at radius 2 is 1.55 bits per heavy atom. The minimum absolute atomic E-state index is 0.0231. The van der Waals surface area contributed by atoms with Crippen LogP contribution in [0.15, 0.2) is 84.9 Å². The highest BCUT2D eigenvalue weighted by molar-refractivity contribution is 5.87. The molecule has 0 fully saturated rings. The zero-order chi connectivity index (χ0) is 20.3. The van der Waals surface area contributed by atoms with Crippen LogP contribution in [0.4, 0.5) is 0 Å². The van der Waals surface area contributed by atoms with Crippen LogP contribution in [-0.4, -0.2) is 15.9 Å². The van der Waals surface area contributed by atoms with Crippen LogP contribution in [-0.2, 0) is 16.6 Å². The fraction of sp³-hybridized carbons (Fsp3) is 0.200. The lowest BCUT2D eigenvalue weighted by Gasteiger charge is -2.27. The Bertz CT molecular complexity index is 1070. The van der Waals surface area contributed by atoms with Gasteiger partial charge in [0.05, 0.1) is 22.5 Å². The number of imidazole rings is 1. The van der Waals surface area contributed by atoms with Crippen molar-refractivity contribution >= 4 is 16.9 Å². The summed E-state index contributed by atoms with van der Waals surface area (Å²) in [5, 5.41) is 3.25. The smallest absolute Gasteiger partial charge is 0.230 e. The number of nitrogens with one attached hydrogen (secondary N) is 2. The van der Waals surface area contributed by atoms with Gasteiger partial charge in [-0.2, -0.15) is 0 Å². The number of benzene rings is 3. The fourth-order valence-corrected chi connectivity index (χ4v) is 3.53. The molecule has 1 amide bonds. The van der Waals surface area contributed by atoms with Crippen molar-refractivity contribution in [1.29, 1.82) is 0 Å². The summed E-state index contributed by atoms with van der Waals surface area (Å²) in [6, 6.07) is 27.7. The number of amides is 1. The van der Waals surface area contributed by atoms with Gasteiger partial charge >= 0.3 is 0 Å². The van der Waals surface area contributed by atoms with Crippen LogP contribution in [0.25, 0.3) is 11.0 Å². The summed E-state index contributed by atoms with van der Waals surface area (Å²) in [4.78, 5) is 21.4. The van der Waals surface area contributed by atoms with Crippen molar-refractivity contribution in [2.75, 3.05) is 0 Å². The molecule has 0 aliphatic rings. The lowest BCUT2D eigenvalue weighted by molar-refractivity contribution is -0.126. The van der Waals surface area contributed by atoms with Gasteiger partial charge in [0.25, 0.3) is 0 Å². The van der Waals surface area contributed by atoms with Gasteiger partial charge in [0, 0.05) is 0 Å². The molecule has 1 heterocycles. The molecule has 2 N–H and O–H groups in total. The lowest BCUT2D eigenvalue weighted by atomic mass is 9.83. The number of fused-ring (bicyclic) bond motifs is 1. The molecular weight excluding hydrogens is 358 g/mol. The molecule has 4 heteroatoms. The molecule has 4 rings (SSSR count). The molecule has 0 aliphatic heterocycles. The summed E-state index contributed by atoms with van der Waals surface area (Å²) in [6.45, 7) is 3.91. The van der Waals surface area contributed by atoms with E-state index in [0.717, 1.165) is 28.0 Å². The lowest BCUT2D eigenvalue weighted by Crippen LogP contribution is -2.42. The maximum absolute atomic E-state index is 13.3. The zero-order valence-corrected chi connectivity index (χ0v) is 16.7. The highest BCUT2D eigenvalue weighted by Crippen LogP contribution is 2.26. The Balaban J connectivity index is 1.65. The van der Waals surface area contributed by atoms with Gasteiger partial charge < -0.3 is 10.3 Å². The molecule has 4 aromatic rings. The molecule has 1 atom stereocenters.